The fraction of sp³-hybridized carbons (Fsp3) is 0.250. The summed E-state index contributed by atoms with van der Waals surface area (Å²) in [6.07, 6.45) is 3.22. The van der Waals surface area contributed by atoms with Gasteiger partial charge in [0.1, 0.15) is 5.75 Å². The predicted molar refractivity (Wildman–Crippen MR) is 54.1 cm³/mol. The third-order valence-electron chi connectivity index (χ3n) is 2.43. The van der Waals surface area contributed by atoms with Crippen molar-refractivity contribution in [2.24, 2.45) is 5.92 Å². The molecule has 1 aliphatic rings. The van der Waals surface area contributed by atoms with Crippen LogP contribution in [0.1, 0.15) is 12.0 Å². The zero-order valence-electron chi connectivity index (χ0n) is 7.90. The number of hydrogen-bond acceptors (Lipinski definition) is 2. The van der Waals surface area contributed by atoms with Crippen LogP contribution in [-0.2, 0) is 11.2 Å². The van der Waals surface area contributed by atoms with Gasteiger partial charge in [-0.15, -0.1) is 6.58 Å². The molecule has 0 bridgehead atoms. The van der Waals surface area contributed by atoms with Crippen LogP contribution in [0.4, 0.5) is 0 Å². The molecule has 2 rings (SSSR count). The van der Waals surface area contributed by atoms with E-state index in [1.165, 1.54) is 0 Å². The van der Waals surface area contributed by atoms with Crippen molar-refractivity contribution in [2.45, 2.75) is 12.8 Å². The van der Waals surface area contributed by atoms with E-state index in [4.69, 9.17) is 4.74 Å². The Labute approximate surface area is 83.2 Å². The maximum Gasteiger partial charge on any atom is 0.314 e. The van der Waals surface area contributed by atoms with Crippen LogP contribution in [0.3, 0.4) is 0 Å². The Hall–Kier alpha value is -1.57. The molecule has 0 saturated heterocycles. The van der Waals surface area contributed by atoms with E-state index in [-0.39, 0.29) is 11.9 Å². The third-order valence-corrected chi connectivity index (χ3v) is 2.43. The average Bonchev–Trinajstić information content (AvgIpc) is 2.19. The van der Waals surface area contributed by atoms with Gasteiger partial charge in [-0.1, -0.05) is 24.3 Å². The van der Waals surface area contributed by atoms with Crippen molar-refractivity contribution in [3.8, 4) is 5.75 Å². The Bertz CT molecular complexity index is 368. The van der Waals surface area contributed by atoms with Gasteiger partial charge in [0, 0.05) is 0 Å². The van der Waals surface area contributed by atoms with Gasteiger partial charge in [-0.25, -0.2) is 0 Å². The van der Waals surface area contributed by atoms with Crippen molar-refractivity contribution in [2.75, 3.05) is 0 Å². The SMILES string of the molecule is C=CCC1Cc2ccccc2OC1=O. The number of esters is 1. The third kappa shape index (κ3) is 1.55. The highest BCUT2D eigenvalue weighted by Crippen LogP contribution is 2.28. The minimum Gasteiger partial charge on any atom is -0.426 e. The van der Waals surface area contributed by atoms with Crippen molar-refractivity contribution in [1.82, 2.24) is 0 Å². The summed E-state index contributed by atoms with van der Waals surface area (Å²) in [4.78, 5) is 11.5. The second-order valence-electron chi connectivity index (χ2n) is 3.45. The van der Waals surface area contributed by atoms with Crippen LogP contribution >= 0.6 is 0 Å². The normalized spacial score (nSPS) is 19.7. The highest BCUT2D eigenvalue weighted by Gasteiger charge is 2.26. The quantitative estimate of drug-likeness (QED) is 0.404. The molecule has 0 saturated carbocycles. The standard InChI is InChI=1S/C12H12O2/c1-2-5-10-8-9-6-3-4-7-11(9)14-12(10)13/h2-4,6-7,10H,1,5,8H2. The summed E-state index contributed by atoms with van der Waals surface area (Å²) in [5, 5.41) is 0. The van der Waals surface area contributed by atoms with E-state index in [0.29, 0.717) is 12.2 Å². The Morgan fingerprint density at radius 3 is 3.07 bits per heavy atom. The van der Waals surface area contributed by atoms with Crippen molar-refractivity contribution < 1.29 is 9.53 Å². The molecular formula is C12H12O2. The lowest BCUT2D eigenvalue weighted by atomic mass is 9.93. The molecule has 72 valence electrons. The first kappa shape index (κ1) is 9.00. The number of hydrogen-bond donors (Lipinski definition) is 0. The molecule has 2 nitrogen and oxygen atoms in total. The highest BCUT2D eigenvalue weighted by atomic mass is 16.5. The molecule has 1 atom stereocenters. The number of carbonyl (C=O) groups excluding carboxylic acids is 1. The van der Waals surface area contributed by atoms with Gasteiger partial charge in [0.15, 0.2) is 0 Å². The van der Waals surface area contributed by atoms with E-state index in [1.54, 1.807) is 6.08 Å². The van der Waals surface area contributed by atoms with Crippen molar-refractivity contribution >= 4 is 5.97 Å². The van der Waals surface area contributed by atoms with Crippen LogP contribution in [0.25, 0.3) is 0 Å². The lowest BCUT2D eigenvalue weighted by Crippen LogP contribution is -2.27. The molecule has 1 aromatic rings. The van der Waals surface area contributed by atoms with E-state index in [0.717, 1.165) is 12.0 Å². The van der Waals surface area contributed by atoms with Crippen LogP contribution < -0.4 is 4.74 Å². The Morgan fingerprint density at radius 2 is 2.29 bits per heavy atom. The summed E-state index contributed by atoms with van der Waals surface area (Å²) in [7, 11) is 0. The van der Waals surface area contributed by atoms with E-state index in [2.05, 4.69) is 6.58 Å². The summed E-state index contributed by atoms with van der Waals surface area (Å²) in [6, 6.07) is 7.66. The summed E-state index contributed by atoms with van der Waals surface area (Å²) in [5.41, 5.74) is 1.11. The largest absolute Gasteiger partial charge is 0.426 e. The van der Waals surface area contributed by atoms with Gasteiger partial charge in [0.2, 0.25) is 0 Å². The average molecular weight is 188 g/mol. The number of carbonyl (C=O) groups is 1. The lowest BCUT2D eigenvalue weighted by Gasteiger charge is -2.21. The van der Waals surface area contributed by atoms with Crippen molar-refractivity contribution in [3.05, 3.63) is 42.5 Å². The Balaban J connectivity index is 2.26. The number of allylic oxidation sites excluding steroid dienone is 1. The van der Waals surface area contributed by atoms with Crippen molar-refractivity contribution in [1.29, 1.82) is 0 Å². The first-order chi connectivity index (χ1) is 6.81. The van der Waals surface area contributed by atoms with Gasteiger partial charge in [0.05, 0.1) is 5.92 Å². The molecule has 0 radical (unpaired) electrons. The number of fused-ring (bicyclic) bond motifs is 1. The van der Waals surface area contributed by atoms with Crippen molar-refractivity contribution in [3.63, 3.8) is 0 Å². The molecular weight excluding hydrogens is 176 g/mol. The van der Waals surface area contributed by atoms with Gasteiger partial charge in [0.25, 0.3) is 0 Å². The number of ether oxygens (including phenoxy) is 1. The molecule has 0 aromatic heterocycles. The maximum absolute atomic E-state index is 11.5. The number of benzene rings is 1. The summed E-state index contributed by atoms with van der Waals surface area (Å²) >= 11 is 0. The first-order valence-electron chi connectivity index (χ1n) is 4.71. The van der Waals surface area contributed by atoms with E-state index in [9.17, 15) is 4.79 Å². The van der Waals surface area contributed by atoms with E-state index >= 15 is 0 Å². The lowest BCUT2D eigenvalue weighted by molar-refractivity contribution is -0.140. The second-order valence-corrected chi connectivity index (χ2v) is 3.45. The minimum absolute atomic E-state index is 0.0533. The van der Waals surface area contributed by atoms with Crippen LogP contribution in [0.15, 0.2) is 36.9 Å². The molecule has 0 aliphatic carbocycles. The number of para-hydroxylation sites is 1. The molecule has 0 amide bonds. The van der Waals surface area contributed by atoms with E-state index in [1.807, 2.05) is 24.3 Å². The fourth-order valence-corrected chi connectivity index (χ4v) is 1.69. The van der Waals surface area contributed by atoms with E-state index < -0.39 is 0 Å². The van der Waals surface area contributed by atoms with Crippen LogP contribution in [0.5, 0.6) is 5.75 Å². The molecule has 14 heavy (non-hydrogen) atoms. The Kier molecular flexibility index (Phi) is 2.35. The molecule has 1 aliphatic heterocycles. The molecule has 0 spiro atoms. The Morgan fingerprint density at radius 1 is 1.50 bits per heavy atom. The summed E-state index contributed by atoms with van der Waals surface area (Å²) in [6.45, 7) is 3.64. The van der Waals surface area contributed by atoms with Gasteiger partial charge in [-0.3, -0.25) is 4.79 Å². The fourth-order valence-electron chi connectivity index (χ4n) is 1.69. The highest BCUT2D eigenvalue weighted by molar-refractivity contribution is 5.78. The number of rotatable bonds is 2. The summed E-state index contributed by atoms with van der Waals surface area (Å²) < 4.78 is 5.21. The molecule has 0 N–H and O–H groups in total. The topological polar surface area (TPSA) is 26.3 Å². The molecule has 2 heteroatoms. The first-order valence-corrected chi connectivity index (χ1v) is 4.71. The second kappa shape index (κ2) is 3.66. The van der Waals surface area contributed by atoms with Crippen LogP contribution in [0, 0.1) is 5.92 Å². The monoisotopic (exact) mass is 188 g/mol. The smallest absolute Gasteiger partial charge is 0.314 e. The van der Waals surface area contributed by atoms with Gasteiger partial charge >= 0.3 is 5.97 Å². The van der Waals surface area contributed by atoms with Crippen LogP contribution in [-0.4, -0.2) is 5.97 Å². The predicted octanol–water partition coefficient (Wildman–Crippen LogP) is 2.34. The molecule has 0 fully saturated rings. The van der Waals surface area contributed by atoms with Gasteiger partial charge < -0.3 is 4.74 Å². The van der Waals surface area contributed by atoms with Crippen LogP contribution in [0.2, 0.25) is 0 Å². The van der Waals surface area contributed by atoms with Gasteiger partial charge in [-0.05, 0) is 24.5 Å². The maximum atomic E-state index is 11.5. The minimum atomic E-state index is -0.136. The van der Waals surface area contributed by atoms with Gasteiger partial charge in [-0.2, -0.15) is 0 Å². The molecule has 1 unspecified atom stereocenters. The molecule has 1 heterocycles. The zero-order chi connectivity index (χ0) is 9.97. The summed E-state index contributed by atoms with van der Waals surface area (Å²) in [5.74, 6) is 0.517. The molecule has 1 aromatic carbocycles. The zero-order valence-corrected chi connectivity index (χ0v) is 7.90.